The van der Waals surface area contributed by atoms with Gasteiger partial charge in [-0.05, 0) is 12.1 Å². The molecule has 0 atom stereocenters. The van der Waals surface area contributed by atoms with Crippen LogP contribution in [0.2, 0.25) is 0 Å². The molecular formula is C10H14BrOP. The molecule has 0 saturated carbocycles. The molecule has 0 fully saturated rings. The van der Waals surface area contributed by atoms with Crippen LogP contribution < -0.4 is 5.30 Å². The van der Waals surface area contributed by atoms with Gasteiger partial charge in [-0.25, -0.2) is 0 Å². The van der Waals surface area contributed by atoms with Crippen molar-refractivity contribution in [2.24, 2.45) is 0 Å². The van der Waals surface area contributed by atoms with E-state index in [0.717, 1.165) is 22.1 Å². The highest BCUT2D eigenvalue weighted by Gasteiger charge is 2.19. The van der Waals surface area contributed by atoms with E-state index in [1.165, 1.54) is 0 Å². The van der Waals surface area contributed by atoms with Crippen molar-refractivity contribution >= 4 is 28.4 Å². The monoisotopic (exact) mass is 260 g/mol. The number of hydrogen-bond donors (Lipinski definition) is 0. The fourth-order valence-electron chi connectivity index (χ4n) is 1.32. The molecule has 1 aromatic carbocycles. The second-order valence-electron chi connectivity index (χ2n) is 3.00. The number of benzene rings is 1. The van der Waals surface area contributed by atoms with Crippen molar-refractivity contribution in [2.45, 2.75) is 13.8 Å². The highest BCUT2D eigenvalue weighted by atomic mass is 79.9. The molecule has 0 bridgehead atoms. The molecule has 0 saturated heterocycles. The van der Waals surface area contributed by atoms with Crippen molar-refractivity contribution in [2.75, 3.05) is 12.3 Å². The number of hydrogen-bond acceptors (Lipinski definition) is 1. The van der Waals surface area contributed by atoms with Gasteiger partial charge in [-0.3, -0.25) is 0 Å². The molecule has 13 heavy (non-hydrogen) atoms. The van der Waals surface area contributed by atoms with Gasteiger partial charge in [-0.15, -0.1) is 0 Å². The lowest BCUT2D eigenvalue weighted by atomic mass is 10.4. The Morgan fingerprint density at radius 3 is 2.38 bits per heavy atom. The zero-order valence-corrected chi connectivity index (χ0v) is 10.4. The van der Waals surface area contributed by atoms with E-state index in [9.17, 15) is 4.57 Å². The Hall–Kier alpha value is -0.0700. The molecule has 1 nitrogen and oxygen atoms in total. The molecular weight excluding hydrogens is 247 g/mol. The maximum Gasteiger partial charge on any atom is 0.115 e. The van der Waals surface area contributed by atoms with Crippen LogP contribution in [-0.4, -0.2) is 12.3 Å². The topological polar surface area (TPSA) is 17.1 Å². The van der Waals surface area contributed by atoms with Crippen LogP contribution in [0.4, 0.5) is 0 Å². The van der Waals surface area contributed by atoms with Crippen LogP contribution >= 0.6 is 23.1 Å². The maximum atomic E-state index is 12.3. The third-order valence-corrected chi connectivity index (χ3v) is 6.06. The van der Waals surface area contributed by atoms with Gasteiger partial charge in [0.2, 0.25) is 0 Å². The van der Waals surface area contributed by atoms with Crippen molar-refractivity contribution in [1.29, 1.82) is 0 Å². The minimum absolute atomic E-state index is 0.750. The SMILES string of the molecule is CCP(=O)(CC)c1cccc(Br)c1. The minimum atomic E-state index is -2.09. The normalized spacial score (nSPS) is 11.6. The van der Waals surface area contributed by atoms with E-state index in [2.05, 4.69) is 15.9 Å². The first kappa shape index (κ1) is 11.0. The molecule has 0 radical (unpaired) electrons. The predicted octanol–water partition coefficient (Wildman–Crippen LogP) is 3.48. The third-order valence-electron chi connectivity index (χ3n) is 2.30. The molecule has 0 spiro atoms. The van der Waals surface area contributed by atoms with Crippen molar-refractivity contribution in [3.8, 4) is 0 Å². The zero-order valence-electron chi connectivity index (χ0n) is 7.96. The Kier molecular flexibility index (Phi) is 3.75. The fraction of sp³-hybridized carbons (Fsp3) is 0.400. The van der Waals surface area contributed by atoms with E-state index >= 15 is 0 Å². The lowest BCUT2D eigenvalue weighted by Crippen LogP contribution is -2.07. The molecule has 0 amide bonds. The van der Waals surface area contributed by atoms with Crippen molar-refractivity contribution < 1.29 is 4.57 Å². The van der Waals surface area contributed by atoms with Crippen LogP contribution in [0.1, 0.15) is 13.8 Å². The number of halogens is 1. The summed E-state index contributed by atoms with van der Waals surface area (Å²) in [7, 11) is -2.09. The Balaban J connectivity index is 3.13. The van der Waals surface area contributed by atoms with Gasteiger partial charge in [0.05, 0.1) is 0 Å². The lowest BCUT2D eigenvalue weighted by Gasteiger charge is -2.14. The van der Waals surface area contributed by atoms with Crippen LogP contribution in [0.5, 0.6) is 0 Å². The van der Waals surface area contributed by atoms with Crippen molar-refractivity contribution in [1.82, 2.24) is 0 Å². The van der Waals surface area contributed by atoms with E-state index in [-0.39, 0.29) is 0 Å². The molecule has 0 aliphatic heterocycles. The summed E-state index contributed by atoms with van der Waals surface area (Å²) in [5, 5.41) is 0.992. The second-order valence-corrected chi connectivity index (χ2v) is 7.48. The standard InChI is InChI=1S/C10H14BrOP/c1-3-13(12,4-2)10-7-5-6-9(11)8-10/h5-8H,3-4H2,1-2H3. The van der Waals surface area contributed by atoms with Crippen LogP contribution in [-0.2, 0) is 4.57 Å². The first-order valence-electron chi connectivity index (χ1n) is 4.46. The summed E-state index contributed by atoms with van der Waals surface area (Å²) in [5.41, 5.74) is 0. The molecule has 0 N–H and O–H groups in total. The second kappa shape index (κ2) is 4.43. The summed E-state index contributed by atoms with van der Waals surface area (Å²) in [6, 6.07) is 7.82. The summed E-state index contributed by atoms with van der Waals surface area (Å²) >= 11 is 3.39. The van der Waals surface area contributed by atoms with Crippen molar-refractivity contribution in [3.63, 3.8) is 0 Å². The molecule has 0 aromatic heterocycles. The fourth-order valence-corrected chi connectivity index (χ4v) is 3.80. The van der Waals surface area contributed by atoms with Gasteiger partial charge in [0.1, 0.15) is 7.14 Å². The van der Waals surface area contributed by atoms with Crippen LogP contribution in [0.15, 0.2) is 28.7 Å². The van der Waals surface area contributed by atoms with Gasteiger partial charge >= 0.3 is 0 Å². The molecule has 0 heterocycles. The lowest BCUT2D eigenvalue weighted by molar-refractivity contribution is 0.582. The minimum Gasteiger partial charge on any atom is -0.319 e. The summed E-state index contributed by atoms with van der Waals surface area (Å²) in [6.45, 7) is 3.98. The molecule has 3 heteroatoms. The third kappa shape index (κ3) is 2.45. The van der Waals surface area contributed by atoms with E-state index < -0.39 is 7.14 Å². The largest absolute Gasteiger partial charge is 0.319 e. The molecule has 1 aromatic rings. The van der Waals surface area contributed by atoms with E-state index in [0.29, 0.717) is 0 Å². The van der Waals surface area contributed by atoms with Crippen LogP contribution in [0.3, 0.4) is 0 Å². The van der Waals surface area contributed by atoms with Gasteiger partial charge in [-0.1, -0.05) is 41.9 Å². The molecule has 0 unspecified atom stereocenters. The summed E-state index contributed by atoms with van der Waals surface area (Å²) in [6.07, 6.45) is 1.50. The van der Waals surface area contributed by atoms with Gasteiger partial charge < -0.3 is 4.57 Å². The molecule has 0 aliphatic carbocycles. The van der Waals surface area contributed by atoms with Gasteiger partial charge in [0.25, 0.3) is 0 Å². The Labute approximate surface area is 88.0 Å². The van der Waals surface area contributed by atoms with E-state index in [1.807, 2.05) is 38.1 Å². The van der Waals surface area contributed by atoms with Gasteiger partial charge in [-0.2, -0.15) is 0 Å². The Morgan fingerprint density at radius 2 is 1.92 bits per heavy atom. The van der Waals surface area contributed by atoms with E-state index in [4.69, 9.17) is 0 Å². The van der Waals surface area contributed by atoms with E-state index in [1.54, 1.807) is 0 Å². The number of rotatable bonds is 3. The summed E-state index contributed by atoms with van der Waals surface area (Å²) in [5.74, 6) is 0. The average molecular weight is 261 g/mol. The van der Waals surface area contributed by atoms with Gasteiger partial charge in [0, 0.05) is 22.1 Å². The summed E-state index contributed by atoms with van der Waals surface area (Å²) < 4.78 is 13.3. The quantitative estimate of drug-likeness (QED) is 0.761. The van der Waals surface area contributed by atoms with Gasteiger partial charge in [0.15, 0.2) is 0 Å². The first-order valence-corrected chi connectivity index (χ1v) is 7.33. The van der Waals surface area contributed by atoms with Crippen molar-refractivity contribution in [3.05, 3.63) is 28.7 Å². The summed E-state index contributed by atoms with van der Waals surface area (Å²) in [4.78, 5) is 0. The van der Waals surface area contributed by atoms with Crippen LogP contribution in [0, 0.1) is 0 Å². The molecule has 1 rings (SSSR count). The maximum absolute atomic E-state index is 12.3. The average Bonchev–Trinajstić information content (AvgIpc) is 2.17. The first-order chi connectivity index (χ1) is 6.12. The highest BCUT2D eigenvalue weighted by Crippen LogP contribution is 2.43. The zero-order chi connectivity index (χ0) is 9.90. The smallest absolute Gasteiger partial charge is 0.115 e. The molecule has 72 valence electrons. The Bertz CT molecular complexity index is 327. The molecule has 0 aliphatic rings. The predicted molar refractivity (Wildman–Crippen MR) is 62.5 cm³/mol. The highest BCUT2D eigenvalue weighted by molar-refractivity contribution is 9.10. The Morgan fingerprint density at radius 1 is 1.31 bits per heavy atom. The van der Waals surface area contributed by atoms with Crippen LogP contribution in [0.25, 0.3) is 0 Å².